The van der Waals surface area contributed by atoms with E-state index >= 15 is 0 Å². The summed E-state index contributed by atoms with van der Waals surface area (Å²) >= 11 is 11.2. The standard InChI is InChI=1S/C22H16ClN3O2S/c1-14-4-8-17(9-5-14)26-21(28)19(20(27)24-22(26)29)13-18-3-2-12-25(18)16-10-6-15(23)7-11-16/h2-13H,1H3,(H,24,27,29)/b19-13-. The molecule has 1 saturated heterocycles. The van der Waals surface area contributed by atoms with Gasteiger partial charge in [0, 0.05) is 22.6 Å². The molecule has 0 radical (unpaired) electrons. The topological polar surface area (TPSA) is 54.3 Å². The van der Waals surface area contributed by atoms with Crippen LogP contribution in [-0.2, 0) is 9.59 Å². The first-order valence-corrected chi connectivity index (χ1v) is 9.64. The van der Waals surface area contributed by atoms with Gasteiger partial charge >= 0.3 is 0 Å². The Balaban J connectivity index is 1.73. The predicted molar refractivity (Wildman–Crippen MR) is 118 cm³/mol. The van der Waals surface area contributed by atoms with E-state index in [0.717, 1.165) is 11.3 Å². The van der Waals surface area contributed by atoms with Crippen LogP contribution in [0.1, 0.15) is 11.3 Å². The molecule has 0 bridgehead atoms. The van der Waals surface area contributed by atoms with Crippen molar-refractivity contribution in [3.8, 4) is 5.69 Å². The number of thiocarbonyl (C=S) groups is 1. The number of hydrogen-bond acceptors (Lipinski definition) is 3. The van der Waals surface area contributed by atoms with E-state index in [1.54, 1.807) is 30.3 Å². The number of carbonyl (C=O) groups excluding carboxylic acids is 2. The highest BCUT2D eigenvalue weighted by molar-refractivity contribution is 7.80. The SMILES string of the molecule is Cc1ccc(N2C(=O)/C(=C\c3cccn3-c3ccc(Cl)cc3)C(=O)NC2=S)cc1. The molecule has 5 nitrogen and oxygen atoms in total. The van der Waals surface area contributed by atoms with Crippen LogP contribution in [0.5, 0.6) is 0 Å². The normalized spacial score (nSPS) is 15.7. The number of nitrogens with one attached hydrogen (secondary N) is 1. The Labute approximate surface area is 178 Å². The molecule has 4 rings (SSSR count). The Morgan fingerprint density at radius 3 is 2.31 bits per heavy atom. The largest absolute Gasteiger partial charge is 0.317 e. The Kier molecular flexibility index (Phi) is 5.05. The first kappa shape index (κ1) is 19.1. The number of aryl methyl sites for hydroxylation is 1. The summed E-state index contributed by atoms with van der Waals surface area (Å²) in [5.74, 6) is -0.987. The monoisotopic (exact) mass is 421 g/mol. The molecule has 0 saturated carbocycles. The fourth-order valence-electron chi connectivity index (χ4n) is 3.08. The van der Waals surface area contributed by atoms with E-state index in [1.807, 2.05) is 54.1 Å². The highest BCUT2D eigenvalue weighted by atomic mass is 35.5. The van der Waals surface area contributed by atoms with E-state index in [-0.39, 0.29) is 10.7 Å². The lowest BCUT2D eigenvalue weighted by Crippen LogP contribution is -2.54. The summed E-state index contributed by atoms with van der Waals surface area (Å²) in [7, 11) is 0. The Morgan fingerprint density at radius 2 is 1.62 bits per heavy atom. The van der Waals surface area contributed by atoms with Crippen LogP contribution in [0.2, 0.25) is 5.02 Å². The van der Waals surface area contributed by atoms with E-state index in [2.05, 4.69) is 5.32 Å². The van der Waals surface area contributed by atoms with Gasteiger partial charge in [-0.3, -0.25) is 19.8 Å². The fourth-order valence-corrected chi connectivity index (χ4v) is 3.49. The summed E-state index contributed by atoms with van der Waals surface area (Å²) in [4.78, 5) is 27.0. The maximum absolute atomic E-state index is 13.1. The van der Waals surface area contributed by atoms with Crippen LogP contribution in [-0.4, -0.2) is 21.5 Å². The van der Waals surface area contributed by atoms with Crippen molar-refractivity contribution in [1.82, 2.24) is 9.88 Å². The van der Waals surface area contributed by atoms with Crippen LogP contribution in [0.4, 0.5) is 5.69 Å². The summed E-state index contributed by atoms with van der Waals surface area (Å²) in [5, 5.41) is 3.30. The third kappa shape index (κ3) is 3.72. The average molecular weight is 422 g/mol. The number of hydrogen-bond donors (Lipinski definition) is 1. The quantitative estimate of drug-likeness (QED) is 0.390. The molecular weight excluding hydrogens is 406 g/mol. The number of nitrogens with zero attached hydrogens (tertiary/aromatic N) is 2. The number of aromatic nitrogens is 1. The number of halogens is 1. The number of amides is 2. The van der Waals surface area contributed by atoms with Gasteiger partial charge in [-0.2, -0.15) is 0 Å². The summed E-state index contributed by atoms with van der Waals surface area (Å²) < 4.78 is 1.87. The predicted octanol–water partition coefficient (Wildman–Crippen LogP) is 4.27. The van der Waals surface area contributed by atoms with Crippen molar-refractivity contribution in [1.29, 1.82) is 0 Å². The third-order valence-corrected chi connectivity index (χ3v) is 5.11. The van der Waals surface area contributed by atoms with Gasteiger partial charge in [-0.15, -0.1) is 0 Å². The van der Waals surface area contributed by atoms with Crippen LogP contribution in [0.3, 0.4) is 0 Å². The van der Waals surface area contributed by atoms with E-state index in [9.17, 15) is 9.59 Å². The second-order valence-corrected chi connectivity index (χ2v) is 7.40. The number of benzene rings is 2. The summed E-state index contributed by atoms with van der Waals surface area (Å²) in [6.07, 6.45) is 3.42. The summed E-state index contributed by atoms with van der Waals surface area (Å²) in [6.45, 7) is 1.96. The molecule has 0 atom stereocenters. The van der Waals surface area contributed by atoms with Gasteiger partial charge in [0.2, 0.25) is 0 Å². The van der Waals surface area contributed by atoms with Crippen LogP contribution in [0, 0.1) is 6.92 Å². The zero-order valence-corrected chi connectivity index (χ0v) is 17.0. The highest BCUT2D eigenvalue weighted by Gasteiger charge is 2.34. The highest BCUT2D eigenvalue weighted by Crippen LogP contribution is 2.24. The minimum Gasteiger partial charge on any atom is -0.317 e. The molecule has 1 fully saturated rings. The van der Waals surface area contributed by atoms with E-state index in [1.165, 1.54) is 4.90 Å². The molecule has 3 aromatic rings. The maximum atomic E-state index is 13.1. The molecule has 29 heavy (non-hydrogen) atoms. The molecule has 2 aromatic carbocycles. The van der Waals surface area contributed by atoms with E-state index in [4.69, 9.17) is 23.8 Å². The fraction of sp³-hybridized carbons (Fsp3) is 0.0455. The molecule has 1 aromatic heterocycles. The molecule has 0 unspecified atom stereocenters. The van der Waals surface area contributed by atoms with Crippen molar-refractivity contribution >= 4 is 52.5 Å². The molecule has 2 amide bonds. The molecule has 0 aliphatic carbocycles. The smallest absolute Gasteiger partial charge is 0.270 e. The van der Waals surface area contributed by atoms with Gasteiger partial charge in [0.25, 0.3) is 11.8 Å². The van der Waals surface area contributed by atoms with Crippen LogP contribution in [0.25, 0.3) is 11.8 Å². The molecule has 1 aliphatic rings. The van der Waals surface area contributed by atoms with Crippen molar-refractivity contribution in [2.75, 3.05) is 4.90 Å². The molecule has 7 heteroatoms. The second-order valence-electron chi connectivity index (χ2n) is 6.57. The Morgan fingerprint density at radius 1 is 0.966 bits per heavy atom. The lowest BCUT2D eigenvalue weighted by Gasteiger charge is -2.29. The maximum Gasteiger partial charge on any atom is 0.270 e. The lowest BCUT2D eigenvalue weighted by atomic mass is 10.1. The van der Waals surface area contributed by atoms with E-state index in [0.29, 0.717) is 16.4 Å². The molecule has 0 spiro atoms. The van der Waals surface area contributed by atoms with Crippen molar-refractivity contribution in [2.45, 2.75) is 6.92 Å². The first-order chi connectivity index (χ1) is 13.9. The van der Waals surface area contributed by atoms with Crippen molar-refractivity contribution in [3.05, 3.63) is 88.7 Å². The van der Waals surface area contributed by atoms with Crippen LogP contribution < -0.4 is 10.2 Å². The minimum absolute atomic E-state index is 0.00749. The minimum atomic E-state index is -0.521. The van der Waals surface area contributed by atoms with Crippen molar-refractivity contribution in [3.63, 3.8) is 0 Å². The van der Waals surface area contributed by atoms with Gasteiger partial charge in [0.15, 0.2) is 5.11 Å². The first-order valence-electron chi connectivity index (χ1n) is 8.85. The zero-order chi connectivity index (χ0) is 20.5. The molecular formula is C22H16ClN3O2S. The van der Waals surface area contributed by atoms with Gasteiger partial charge < -0.3 is 4.57 Å². The molecule has 1 N–H and O–H groups in total. The van der Waals surface area contributed by atoms with E-state index < -0.39 is 11.8 Å². The number of anilines is 1. The van der Waals surface area contributed by atoms with Gasteiger partial charge in [0.05, 0.1) is 5.69 Å². The number of carbonyl (C=O) groups is 2. The Hall–Kier alpha value is -3.22. The molecule has 1 aliphatic heterocycles. The second kappa shape index (κ2) is 7.66. The third-order valence-electron chi connectivity index (χ3n) is 4.57. The zero-order valence-electron chi connectivity index (χ0n) is 15.4. The van der Waals surface area contributed by atoms with Crippen molar-refractivity contribution in [2.24, 2.45) is 0 Å². The summed E-state index contributed by atoms with van der Waals surface area (Å²) in [5.41, 5.74) is 3.21. The van der Waals surface area contributed by atoms with Gasteiger partial charge in [-0.25, -0.2) is 0 Å². The van der Waals surface area contributed by atoms with Crippen molar-refractivity contribution < 1.29 is 9.59 Å². The average Bonchev–Trinajstić information content (AvgIpc) is 3.15. The lowest BCUT2D eigenvalue weighted by molar-refractivity contribution is -0.122. The van der Waals surface area contributed by atoms with Gasteiger partial charge in [-0.1, -0.05) is 29.3 Å². The van der Waals surface area contributed by atoms with Gasteiger partial charge in [0.1, 0.15) is 5.57 Å². The van der Waals surface area contributed by atoms with Crippen LogP contribution in [0.15, 0.2) is 72.4 Å². The van der Waals surface area contributed by atoms with Crippen LogP contribution >= 0.6 is 23.8 Å². The molecule has 2 heterocycles. The van der Waals surface area contributed by atoms with Gasteiger partial charge in [-0.05, 0) is 73.7 Å². The summed E-state index contributed by atoms with van der Waals surface area (Å²) in [6, 6.07) is 18.3. The Bertz CT molecular complexity index is 1150. The molecule has 144 valence electrons. The number of rotatable bonds is 3.